The van der Waals surface area contributed by atoms with Gasteiger partial charge in [0.25, 0.3) is 0 Å². The molecule has 0 N–H and O–H groups in total. The van der Waals surface area contributed by atoms with E-state index in [9.17, 15) is 0 Å². The van der Waals surface area contributed by atoms with Gasteiger partial charge in [0.15, 0.2) is 0 Å². The van der Waals surface area contributed by atoms with E-state index >= 15 is 0 Å². The third kappa shape index (κ3) is 3.04. The van der Waals surface area contributed by atoms with Crippen molar-refractivity contribution in [2.75, 3.05) is 0 Å². The summed E-state index contributed by atoms with van der Waals surface area (Å²) < 4.78 is 0. The zero-order valence-corrected chi connectivity index (χ0v) is 8.31. The summed E-state index contributed by atoms with van der Waals surface area (Å²) >= 11 is 0. The monoisotopic (exact) mass is 204 g/mol. The molecule has 0 spiro atoms. The van der Waals surface area contributed by atoms with Gasteiger partial charge in [0, 0.05) is 16.5 Å². The summed E-state index contributed by atoms with van der Waals surface area (Å²) in [4.78, 5) is 0. The summed E-state index contributed by atoms with van der Waals surface area (Å²) in [5, 5.41) is 43.1. The third-order valence-electron chi connectivity index (χ3n) is 1.59. The standard InChI is InChI=1S/C10H3BN5/c1-7(2-12)9(5-15)11-10(6-16)8(3-13)4-14/h1H3/b9-7-. The number of nitrogens with zero attached hydrogens (tertiary/aromatic N) is 5. The molecule has 0 saturated heterocycles. The third-order valence-corrected chi connectivity index (χ3v) is 1.59. The Morgan fingerprint density at radius 1 is 0.750 bits per heavy atom. The normalized spacial score (nSPS) is 9.00. The van der Waals surface area contributed by atoms with Crippen molar-refractivity contribution in [2.24, 2.45) is 0 Å². The van der Waals surface area contributed by atoms with Crippen molar-refractivity contribution in [3.8, 4) is 30.3 Å². The van der Waals surface area contributed by atoms with E-state index in [4.69, 9.17) is 26.3 Å². The van der Waals surface area contributed by atoms with Crippen molar-refractivity contribution in [1.82, 2.24) is 0 Å². The molecule has 16 heavy (non-hydrogen) atoms. The Morgan fingerprint density at radius 2 is 1.25 bits per heavy atom. The van der Waals surface area contributed by atoms with Crippen molar-refractivity contribution in [2.45, 2.75) is 6.92 Å². The van der Waals surface area contributed by atoms with E-state index in [-0.39, 0.29) is 22.1 Å². The Bertz CT molecular complexity index is 547. The molecule has 1 radical (unpaired) electrons. The second-order valence-electron chi connectivity index (χ2n) is 2.53. The molecule has 0 fully saturated rings. The van der Waals surface area contributed by atoms with E-state index in [1.807, 2.05) is 0 Å². The Labute approximate surface area is 93.6 Å². The van der Waals surface area contributed by atoms with Crippen LogP contribution in [0.4, 0.5) is 0 Å². The minimum absolute atomic E-state index is 0.0398. The van der Waals surface area contributed by atoms with E-state index in [1.54, 1.807) is 18.2 Å². The van der Waals surface area contributed by atoms with Gasteiger partial charge in [0.1, 0.15) is 17.7 Å². The Morgan fingerprint density at radius 3 is 1.56 bits per heavy atom. The Kier molecular flexibility index (Phi) is 5.24. The zero-order chi connectivity index (χ0) is 12.6. The summed E-state index contributed by atoms with van der Waals surface area (Å²) in [6.07, 6.45) is 0. The molecule has 71 valence electrons. The van der Waals surface area contributed by atoms with Crippen molar-refractivity contribution in [3.63, 3.8) is 0 Å². The number of hydrogen-bond acceptors (Lipinski definition) is 5. The maximum atomic E-state index is 8.71. The first-order chi connectivity index (χ1) is 7.64. The molecule has 0 aromatic carbocycles. The van der Waals surface area contributed by atoms with Crippen molar-refractivity contribution in [3.05, 3.63) is 22.1 Å². The maximum absolute atomic E-state index is 8.71. The summed E-state index contributed by atoms with van der Waals surface area (Å²) in [6.45, 7) is 1.41. The fourth-order valence-electron chi connectivity index (χ4n) is 0.735. The van der Waals surface area contributed by atoms with Crippen LogP contribution in [0.15, 0.2) is 22.1 Å². The molecule has 0 atom stereocenters. The molecular formula is C10H3BN5. The summed E-state index contributed by atoms with van der Waals surface area (Å²) in [7, 11) is 1.06. The van der Waals surface area contributed by atoms with Crippen molar-refractivity contribution >= 4 is 7.28 Å². The lowest BCUT2D eigenvalue weighted by Crippen LogP contribution is -2.03. The SMILES string of the molecule is C/C(C#N)=C(/[B]C(C#N)=C(C#N)C#N)C#N. The van der Waals surface area contributed by atoms with Gasteiger partial charge in [-0.2, -0.15) is 26.3 Å². The van der Waals surface area contributed by atoms with E-state index < -0.39 is 0 Å². The fraction of sp³-hybridized carbons (Fsp3) is 0.100. The predicted octanol–water partition coefficient (Wildman–Crippen LogP) is 0.837. The van der Waals surface area contributed by atoms with Crippen LogP contribution in [0.2, 0.25) is 0 Å². The number of rotatable bonds is 2. The molecule has 0 aliphatic heterocycles. The molecular weight excluding hydrogens is 201 g/mol. The molecule has 0 aliphatic carbocycles. The molecule has 0 rings (SSSR count). The van der Waals surface area contributed by atoms with E-state index in [1.165, 1.54) is 19.1 Å². The first-order valence-corrected chi connectivity index (χ1v) is 3.95. The van der Waals surface area contributed by atoms with Crippen LogP contribution in [0.25, 0.3) is 0 Å². The number of hydrogen-bond donors (Lipinski definition) is 0. The lowest BCUT2D eigenvalue weighted by Gasteiger charge is -1.95. The van der Waals surface area contributed by atoms with Gasteiger partial charge in [-0.1, -0.05) is 0 Å². The van der Waals surface area contributed by atoms with E-state index in [0.29, 0.717) is 0 Å². The Hall–Kier alpha value is -3.01. The van der Waals surface area contributed by atoms with Crippen LogP contribution in [0.1, 0.15) is 6.92 Å². The summed E-state index contributed by atoms with van der Waals surface area (Å²) in [5.41, 5.74) is -0.537. The fourth-order valence-corrected chi connectivity index (χ4v) is 0.735. The molecule has 6 heteroatoms. The maximum Gasteiger partial charge on any atom is 0.224 e. The molecule has 0 aliphatic rings. The van der Waals surface area contributed by atoms with Gasteiger partial charge in [0.2, 0.25) is 7.28 Å². The minimum Gasteiger partial charge on any atom is -0.194 e. The first kappa shape index (κ1) is 13.0. The van der Waals surface area contributed by atoms with Crippen LogP contribution in [-0.4, -0.2) is 7.28 Å². The summed E-state index contributed by atoms with van der Waals surface area (Å²) in [5.74, 6) is 0. The Balaban J connectivity index is 5.50. The zero-order valence-electron chi connectivity index (χ0n) is 8.31. The molecule has 0 amide bonds. The molecule has 0 heterocycles. The van der Waals surface area contributed by atoms with Crippen LogP contribution in [0, 0.1) is 56.7 Å². The highest BCUT2D eigenvalue weighted by atomic mass is 14.3. The second-order valence-corrected chi connectivity index (χ2v) is 2.53. The molecule has 0 aromatic heterocycles. The van der Waals surface area contributed by atoms with E-state index in [2.05, 4.69) is 0 Å². The van der Waals surface area contributed by atoms with Crippen LogP contribution >= 0.6 is 0 Å². The van der Waals surface area contributed by atoms with Crippen molar-refractivity contribution in [1.29, 1.82) is 26.3 Å². The predicted molar refractivity (Wildman–Crippen MR) is 53.5 cm³/mol. The average Bonchev–Trinajstić information content (AvgIpc) is 2.33. The second kappa shape index (κ2) is 6.45. The molecule has 0 unspecified atom stereocenters. The van der Waals surface area contributed by atoms with Crippen LogP contribution in [0.5, 0.6) is 0 Å². The molecule has 0 aromatic rings. The van der Waals surface area contributed by atoms with Gasteiger partial charge >= 0.3 is 0 Å². The molecule has 0 saturated carbocycles. The lowest BCUT2D eigenvalue weighted by molar-refractivity contribution is 1.41. The average molecular weight is 204 g/mol. The van der Waals surface area contributed by atoms with Crippen molar-refractivity contribution < 1.29 is 0 Å². The van der Waals surface area contributed by atoms with Crippen LogP contribution < -0.4 is 0 Å². The largest absolute Gasteiger partial charge is 0.224 e. The number of nitriles is 5. The first-order valence-electron chi connectivity index (χ1n) is 3.95. The van der Waals surface area contributed by atoms with Gasteiger partial charge in [-0.05, 0) is 6.92 Å². The van der Waals surface area contributed by atoms with Gasteiger partial charge in [-0.15, -0.1) is 0 Å². The van der Waals surface area contributed by atoms with Gasteiger partial charge in [-0.3, -0.25) is 0 Å². The minimum atomic E-state index is -0.388. The van der Waals surface area contributed by atoms with Gasteiger partial charge in [0.05, 0.1) is 18.2 Å². The molecule has 0 bridgehead atoms. The smallest absolute Gasteiger partial charge is 0.194 e. The topological polar surface area (TPSA) is 119 Å². The van der Waals surface area contributed by atoms with Crippen LogP contribution in [0.3, 0.4) is 0 Å². The molecule has 5 nitrogen and oxygen atoms in total. The van der Waals surface area contributed by atoms with Crippen LogP contribution in [-0.2, 0) is 0 Å². The summed E-state index contributed by atoms with van der Waals surface area (Å²) in [6, 6.07) is 8.18. The van der Waals surface area contributed by atoms with E-state index in [0.717, 1.165) is 7.28 Å². The highest BCUT2D eigenvalue weighted by Gasteiger charge is 2.12. The lowest BCUT2D eigenvalue weighted by atomic mass is 9.61. The highest BCUT2D eigenvalue weighted by Crippen LogP contribution is 2.08. The number of allylic oxidation sites excluding steroid dienone is 4. The highest BCUT2D eigenvalue weighted by molar-refractivity contribution is 6.57. The van der Waals surface area contributed by atoms with Gasteiger partial charge < -0.3 is 0 Å². The quantitative estimate of drug-likeness (QED) is 0.487. The van der Waals surface area contributed by atoms with Gasteiger partial charge in [-0.25, -0.2) is 0 Å².